The van der Waals surface area contributed by atoms with E-state index in [9.17, 15) is 18.3 Å². The predicted octanol–water partition coefficient (Wildman–Crippen LogP) is 2.04. The summed E-state index contributed by atoms with van der Waals surface area (Å²) in [6.07, 6.45) is 2.32. The predicted molar refractivity (Wildman–Crippen MR) is 90.8 cm³/mol. The second kappa shape index (κ2) is 7.38. The monoisotopic (exact) mass is 379 g/mol. The molecule has 0 saturated carbocycles. The third-order valence-electron chi connectivity index (χ3n) is 5.09. The molecular formula is C16H29NO7S. The average molecular weight is 379 g/mol. The highest BCUT2D eigenvalue weighted by Gasteiger charge is 2.56. The molecule has 1 N–H and O–H groups in total. The summed E-state index contributed by atoms with van der Waals surface area (Å²) in [6, 6.07) is 0. The van der Waals surface area contributed by atoms with Gasteiger partial charge in [0.2, 0.25) is 0 Å². The van der Waals surface area contributed by atoms with E-state index in [2.05, 4.69) is 0 Å². The Morgan fingerprint density at radius 3 is 2.52 bits per heavy atom. The van der Waals surface area contributed by atoms with Crippen LogP contribution >= 0.6 is 0 Å². The number of likely N-dealkylation sites (tertiary alicyclic amines) is 1. The molecule has 0 bridgehead atoms. The minimum atomic E-state index is -3.69. The van der Waals surface area contributed by atoms with E-state index in [4.69, 9.17) is 13.7 Å². The van der Waals surface area contributed by atoms with Crippen molar-refractivity contribution in [1.82, 2.24) is 4.90 Å². The van der Waals surface area contributed by atoms with Gasteiger partial charge >= 0.3 is 6.09 Å². The van der Waals surface area contributed by atoms with Crippen LogP contribution in [0.2, 0.25) is 0 Å². The molecule has 0 spiro atoms. The zero-order valence-electron chi connectivity index (χ0n) is 15.4. The molecule has 1 amide bonds. The van der Waals surface area contributed by atoms with Crippen molar-refractivity contribution >= 4 is 16.2 Å². The fourth-order valence-electron chi connectivity index (χ4n) is 3.58. The zero-order valence-corrected chi connectivity index (χ0v) is 16.2. The van der Waals surface area contributed by atoms with Gasteiger partial charge in [0, 0.05) is 13.0 Å². The Balaban J connectivity index is 2.22. The van der Waals surface area contributed by atoms with Gasteiger partial charge in [-0.3, -0.25) is 9.08 Å². The largest absolute Gasteiger partial charge is 0.465 e. The summed E-state index contributed by atoms with van der Waals surface area (Å²) in [7, 11) is -3.69. The van der Waals surface area contributed by atoms with Gasteiger partial charge in [0.1, 0.15) is 0 Å². The number of nitrogens with zero attached hydrogens (tertiary/aromatic N) is 1. The molecule has 9 heteroatoms. The summed E-state index contributed by atoms with van der Waals surface area (Å²) in [5, 5.41) is 9.70. The Labute approximate surface area is 149 Å². The fourth-order valence-corrected chi connectivity index (χ4v) is 3.99. The molecule has 2 fully saturated rings. The SMILES string of the molecule is CC(C)(C)[C@]1(COS(C)(=O)=O)C[C@H](OC2CCCCO2)CN1C(=O)O. The summed E-state index contributed by atoms with van der Waals surface area (Å²) < 4.78 is 39.6. The second-order valence-electron chi connectivity index (χ2n) is 7.90. The van der Waals surface area contributed by atoms with Crippen LogP contribution in [0.4, 0.5) is 4.79 Å². The Hall–Kier alpha value is -0.900. The number of carboxylic acid groups (broad SMARTS) is 1. The topological polar surface area (TPSA) is 102 Å². The van der Waals surface area contributed by atoms with Gasteiger partial charge in [-0.2, -0.15) is 8.42 Å². The Morgan fingerprint density at radius 1 is 1.36 bits per heavy atom. The minimum absolute atomic E-state index is 0.166. The van der Waals surface area contributed by atoms with Gasteiger partial charge in [-0.25, -0.2) is 4.79 Å². The van der Waals surface area contributed by atoms with E-state index >= 15 is 0 Å². The van der Waals surface area contributed by atoms with E-state index < -0.39 is 27.2 Å². The van der Waals surface area contributed by atoms with Crippen LogP contribution < -0.4 is 0 Å². The van der Waals surface area contributed by atoms with Gasteiger partial charge in [-0.1, -0.05) is 20.8 Å². The van der Waals surface area contributed by atoms with Crippen molar-refractivity contribution in [2.75, 3.05) is 26.0 Å². The number of hydrogen-bond donors (Lipinski definition) is 1. The Kier molecular flexibility index (Phi) is 6.03. The van der Waals surface area contributed by atoms with Crippen molar-refractivity contribution in [3.8, 4) is 0 Å². The number of carbonyl (C=O) groups is 1. The second-order valence-corrected chi connectivity index (χ2v) is 9.54. The van der Waals surface area contributed by atoms with Crippen molar-refractivity contribution < 1.29 is 32.0 Å². The van der Waals surface area contributed by atoms with Crippen LogP contribution in [0.25, 0.3) is 0 Å². The maximum Gasteiger partial charge on any atom is 0.407 e. The molecule has 2 aliphatic rings. The van der Waals surface area contributed by atoms with Gasteiger partial charge in [0.15, 0.2) is 6.29 Å². The quantitative estimate of drug-likeness (QED) is 0.729. The van der Waals surface area contributed by atoms with Crippen LogP contribution in [0.5, 0.6) is 0 Å². The maximum atomic E-state index is 11.9. The molecule has 0 aromatic heterocycles. The van der Waals surface area contributed by atoms with Gasteiger partial charge in [-0.05, 0) is 24.7 Å². The first kappa shape index (κ1) is 20.4. The fraction of sp³-hybridized carbons (Fsp3) is 0.938. The maximum absolute atomic E-state index is 11.9. The molecule has 2 rings (SSSR count). The number of ether oxygens (including phenoxy) is 2. The smallest absolute Gasteiger partial charge is 0.407 e. The molecule has 2 aliphatic heterocycles. The van der Waals surface area contributed by atoms with E-state index in [1.54, 1.807) is 0 Å². The van der Waals surface area contributed by atoms with Crippen molar-refractivity contribution in [1.29, 1.82) is 0 Å². The van der Waals surface area contributed by atoms with Crippen LogP contribution in [-0.4, -0.2) is 68.5 Å². The lowest BCUT2D eigenvalue weighted by molar-refractivity contribution is -0.185. The molecule has 3 atom stereocenters. The van der Waals surface area contributed by atoms with Crippen molar-refractivity contribution in [3.63, 3.8) is 0 Å². The van der Waals surface area contributed by atoms with Gasteiger partial charge in [-0.15, -0.1) is 0 Å². The third kappa shape index (κ3) is 4.84. The van der Waals surface area contributed by atoms with Crippen LogP contribution in [0, 0.1) is 5.41 Å². The number of amides is 1. The Morgan fingerprint density at radius 2 is 2.04 bits per heavy atom. The van der Waals surface area contributed by atoms with E-state index in [0.717, 1.165) is 25.5 Å². The van der Waals surface area contributed by atoms with Crippen molar-refractivity contribution in [2.45, 2.75) is 64.4 Å². The summed E-state index contributed by atoms with van der Waals surface area (Å²) >= 11 is 0. The zero-order chi connectivity index (χ0) is 18.9. The molecule has 0 aromatic carbocycles. The Bertz CT molecular complexity index is 580. The van der Waals surface area contributed by atoms with Crippen LogP contribution in [0.15, 0.2) is 0 Å². The number of rotatable bonds is 5. The minimum Gasteiger partial charge on any atom is -0.465 e. The van der Waals surface area contributed by atoms with Gasteiger partial charge in [0.05, 0.1) is 31.1 Å². The summed E-state index contributed by atoms with van der Waals surface area (Å²) in [4.78, 5) is 13.1. The first-order valence-corrected chi connectivity index (χ1v) is 10.4. The molecule has 146 valence electrons. The number of hydrogen-bond acceptors (Lipinski definition) is 6. The summed E-state index contributed by atoms with van der Waals surface area (Å²) in [5.41, 5.74) is -1.54. The lowest BCUT2D eigenvalue weighted by atomic mass is 9.72. The highest BCUT2D eigenvalue weighted by atomic mass is 32.2. The molecule has 8 nitrogen and oxygen atoms in total. The summed E-state index contributed by atoms with van der Waals surface area (Å²) in [5.74, 6) is 0. The third-order valence-corrected chi connectivity index (χ3v) is 5.64. The van der Waals surface area contributed by atoms with Crippen LogP contribution in [0.3, 0.4) is 0 Å². The first-order valence-electron chi connectivity index (χ1n) is 8.57. The van der Waals surface area contributed by atoms with E-state index in [1.165, 1.54) is 4.90 Å². The van der Waals surface area contributed by atoms with Gasteiger partial charge < -0.3 is 14.6 Å². The molecule has 0 aliphatic carbocycles. The highest BCUT2D eigenvalue weighted by Crippen LogP contribution is 2.45. The lowest BCUT2D eigenvalue weighted by Gasteiger charge is -2.46. The van der Waals surface area contributed by atoms with Crippen LogP contribution in [-0.2, 0) is 23.8 Å². The highest BCUT2D eigenvalue weighted by molar-refractivity contribution is 7.85. The average Bonchev–Trinajstić information content (AvgIpc) is 2.85. The van der Waals surface area contributed by atoms with Crippen molar-refractivity contribution in [2.24, 2.45) is 5.41 Å². The lowest BCUT2D eigenvalue weighted by Crippen LogP contribution is -2.58. The molecular weight excluding hydrogens is 350 g/mol. The van der Waals surface area contributed by atoms with Crippen molar-refractivity contribution in [3.05, 3.63) is 0 Å². The van der Waals surface area contributed by atoms with E-state index in [-0.39, 0.29) is 25.5 Å². The molecule has 0 radical (unpaired) electrons. The molecule has 0 aromatic rings. The molecule has 2 heterocycles. The standard InChI is InChI=1S/C16H29NO7S/c1-15(2,3)16(11-23-25(4,20)21)9-12(10-17(16)14(18)19)24-13-7-5-6-8-22-13/h12-13H,5-11H2,1-4H3,(H,18,19)/t12-,13?,16+/m0/s1. The van der Waals surface area contributed by atoms with E-state index in [1.807, 2.05) is 20.8 Å². The first-order chi connectivity index (χ1) is 11.4. The van der Waals surface area contributed by atoms with Crippen LogP contribution in [0.1, 0.15) is 46.5 Å². The molecule has 25 heavy (non-hydrogen) atoms. The normalized spacial score (nSPS) is 31.3. The molecule has 2 saturated heterocycles. The molecule has 1 unspecified atom stereocenters. The van der Waals surface area contributed by atoms with Gasteiger partial charge in [0.25, 0.3) is 10.1 Å². The van der Waals surface area contributed by atoms with E-state index in [0.29, 0.717) is 13.0 Å². The summed E-state index contributed by atoms with van der Waals surface area (Å²) in [6.45, 7) is 6.23.